The van der Waals surface area contributed by atoms with Gasteiger partial charge in [-0.05, 0) is 56.5 Å². The predicted molar refractivity (Wildman–Crippen MR) is 71.0 cm³/mol. The molecule has 0 radical (unpaired) electrons. The number of nitrogens with one attached hydrogen (secondary N) is 1. The van der Waals surface area contributed by atoms with E-state index in [-0.39, 0.29) is 0 Å². The molecule has 0 aromatic carbocycles. The van der Waals surface area contributed by atoms with Crippen LogP contribution in [0.25, 0.3) is 0 Å². The summed E-state index contributed by atoms with van der Waals surface area (Å²) in [5.41, 5.74) is 1.44. The van der Waals surface area contributed by atoms with Crippen LogP contribution >= 0.6 is 23.1 Å². The third-order valence-electron chi connectivity index (χ3n) is 3.31. The zero-order valence-corrected chi connectivity index (χ0v) is 11.3. The van der Waals surface area contributed by atoms with Gasteiger partial charge in [-0.1, -0.05) is 0 Å². The maximum Gasteiger partial charge on any atom is 0.0561 e. The Morgan fingerprint density at radius 1 is 1.53 bits per heavy atom. The molecule has 1 nitrogen and oxygen atoms in total. The number of rotatable bonds is 3. The average molecular weight is 241 g/mol. The van der Waals surface area contributed by atoms with E-state index in [0.717, 1.165) is 0 Å². The number of thioether (sulfide) groups is 1. The van der Waals surface area contributed by atoms with Crippen molar-refractivity contribution in [3.8, 4) is 0 Å². The monoisotopic (exact) mass is 241 g/mol. The fraction of sp³-hybridized carbons (Fsp3) is 0.667. The van der Waals surface area contributed by atoms with Crippen molar-refractivity contribution >= 4 is 23.1 Å². The van der Waals surface area contributed by atoms with Gasteiger partial charge in [0.15, 0.2) is 0 Å². The van der Waals surface area contributed by atoms with Gasteiger partial charge < -0.3 is 5.32 Å². The SMILES string of the molecule is CNC(c1sccc1C)C1(C)CCCS1. The second kappa shape index (κ2) is 4.48. The van der Waals surface area contributed by atoms with Crippen molar-refractivity contribution in [2.24, 2.45) is 0 Å². The minimum absolute atomic E-state index is 0.393. The molecule has 2 rings (SSSR count). The quantitative estimate of drug-likeness (QED) is 0.868. The highest BCUT2D eigenvalue weighted by Crippen LogP contribution is 2.47. The second-order valence-corrected chi connectivity index (χ2v) is 7.03. The minimum Gasteiger partial charge on any atom is -0.311 e. The van der Waals surface area contributed by atoms with E-state index in [1.54, 1.807) is 0 Å². The van der Waals surface area contributed by atoms with Crippen LogP contribution in [0.15, 0.2) is 11.4 Å². The molecule has 0 aliphatic carbocycles. The van der Waals surface area contributed by atoms with E-state index < -0.39 is 0 Å². The Kier molecular flexibility index (Phi) is 3.43. The Hall–Kier alpha value is 0.01000. The summed E-state index contributed by atoms with van der Waals surface area (Å²) >= 11 is 4.02. The van der Waals surface area contributed by atoms with Crippen molar-refractivity contribution in [2.75, 3.05) is 12.8 Å². The van der Waals surface area contributed by atoms with Gasteiger partial charge in [-0.3, -0.25) is 0 Å². The highest BCUT2D eigenvalue weighted by atomic mass is 32.2. The topological polar surface area (TPSA) is 12.0 Å². The number of hydrogen-bond donors (Lipinski definition) is 1. The third-order valence-corrected chi connectivity index (χ3v) is 5.99. The van der Waals surface area contributed by atoms with E-state index >= 15 is 0 Å². The van der Waals surface area contributed by atoms with Crippen molar-refractivity contribution < 1.29 is 0 Å². The zero-order valence-electron chi connectivity index (χ0n) is 9.67. The van der Waals surface area contributed by atoms with Crippen molar-refractivity contribution in [1.29, 1.82) is 0 Å². The van der Waals surface area contributed by atoms with Gasteiger partial charge in [-0.2, -0.15) is 11.8 Å². The Morgan fingerprint density at radius 2 is 2.33 bits per heavy atom. The first-order valence-electron chi connectivity index (χ1n) is 5.52. The first-order valence-corrected chi connectivity index (χ1v) is 7.39. The molecule has 1 aromatic heterocycles. The standard InChI is InChI=1S/C12H19NS2/c1-9-5-8-14-10(9)11(13-3)12(2)6-4-7-15-12/h5,8,11,13H,4,6-7H2,1-3H3. The summed E-state index contributed by atoms with van der Waals surface area (Å²) < 4.78 is 0.393. The van der Waals surface area contributed by atoms with E-state index in [9.17, 15) is 0 Å². The molecule has 1 N–H and O–H groups in total. The molecule has 84 valence electrons. The molecule has 1 aromatic rings. The number of hydrogen-bond acceptors (Lipinski definition) is 3. The van der Waals surface area contributed by atoms with E-state index in [0.29, 0.717) is 10.8 Å². The number of aryl methyl sites for hydroxylation is 1. The van der Waals surface area contributed by atoms with E-state index in [1.165, 1.54) is 29.0 Å². The lowest BCUT2D eigenvalue weighted by atomic mass is 9.93. The first kappa shape index (κ1) is 11.5. The molecule has 2 atom stereocenters. The van der Waals surface area contributed by atoms with Gasteiger partial charge in [0, 0.05) is 9.62 Å². The van der Waals surface area contributed by atoms with Crippen molar-refractivity contribution in [3.63, 3.8) is 0 Å². The van der Waals surface area contributed by atoms with Gasteiger partial charge in [0.2, 0.25) is 0 Å². The maximum absolute atomic E-state index is 3.52. The summed E-state index contributed by atoms with van der Waals surface area (Å²) in [5, 5.41) is 5.72. The van der Waals surface area contributed by atoms with E-state index in [1.807, 2.05) is 11.3 Å². The molecular weight excluding hydrogens is 222 g/mol. The molecule has 0 saturated carbocycles. The Morgan fingerprint density at radius 3 is 2.80 bits per heavy atom. The van der Waals surface area contributed by atoms with Crippen molar-refractivity contribution in [3.05, 3.63) is 21.9 Å². The smallest absolute Gasteiger partial charge is 0.0561 e. The first-order chi connectivity index (χ1) is 7.17. The van der Waals surface area contributed by atoms with Gasteiger partial charge in [-0.15, -0.1) is 11.3 Å². The van der Waals surface area contributed by atoms with Crippen LogP contribution in [0, 0.1) is 6.92 Å². The summed E-state index contributed by atoms with van der Waals surface area (Å²) in [4.78, 5) is 1.52. The second-order valence-electron chi connectivity index (χ2n) is 4.45. The fourth-order valence-electron chi connectivity index (χ4n) is 2.42. The summed E-state index contributed by atoms with van der Waals surface area (Å²) in [6, 6.07) is 2.75. The molecule has 0 amide bonds. The minimum atomic E-state index is 0.393. The number of thiophene rings is 1. The Labute approximate surface area is 101 Å². The molecule has 0 bridgehead atoms. The van der Waals surface area contributed by atoms with Crippen LogP contribution in [0.2, 0.25) is 0 Å². The van der Waals surface area contributed by atoms with Gasteiger partial charge in [0.25, 0.3) is 0 Å². The molecule has 1 fully saturated rings. The van der Waals surface area contributed by atoms with Crippen molar-refractivity contribution in [2.45, 2.75) is 37.5 Å². The lowest BCUT2D eigenvalue weighted by molar-refractivity contribution is 0.445. The highest BCUT2D eigenvalue weighted by Gasteiger charge is 2.38. The average Bonchev–Trinajstić information content (AvgIpc) is 2.79. The maximum atomic E-state index is 3.52. The lowest BCUT2D eigenvalue weighted by Gasteiger charge is -2.33. The highest BCUT2D eigenvalue weighted by molar-refractivity contribution is 8.00. The molecule has 1 aliphatic rings. The molecule has 1 saturated heterocycles. The van der Waals surface area contributed by atoms with Crippen LogP contribution in [0.4, 0.5) is 0 Å². The molecule has 3 heteroatoms. The lowest BCUT2D eigenvalue weighted by Crippen LogP contribution is -2.35. The molecular formula is C12H19NS2. The summed E-state index contributed by atoms with van der Waals surface area (Å²) in [6.45, 7) is 4.63. The van der Waals surface area contributed by atoms with Gasteiger partial charge >= 0.3 is 0 Å². The van der Waals surface area contributed by atoms with E-state index in [2.05, 4.69) is 49.4 Å². The van der Waals surface area contributed by atoms with Crippen LogP contribution in [-0.4, -0.2) is 17.5 Å². The van der Waals surface area contributed by atoms with Gasteiger partial charge in [-0.25, -0.2) is 0 Å². The van der Waals surface area contributed by atoms with E-state index in [4.69, 9.17) is 0 Å². The van der Waals surface area contributed by atoms with Crippen molar-refractivity contribution in [1.82, 2.24) is 5.32 Å². The van der Waals surface area contributed by atoms with Crippen LogP contribution < -0.4 is 5.32 Å². The molecule has 2 unspecified atom stereocenters. The molecule has 15 heavy (non-hydrogen) atoms. The van der Waals surface area contributed by atoms with Gasteiger partial charge in [0.1, 0.15) is 0 Å². The summed E-state index contributed by atoms with van der Waals surface area (Å²) in [5.74, 6) is 1.32. The molecule has 1 aliphatic heterocycles. The fourth-order valence-corrected chi connectivity index (χ4v) is 5.13. The molecule has 2 heterocycles. The largest absolute Gasteiger partial charge is 0.311 e. The third kappa shape index (κ3) is 2.10. The Balaban J connectivity index is 2.27. The predicted octanol–water partition coefficient (Wildman–Crippen LogP) is 3.60. The normalized spacial score (nSPS) is 28.2. The Bertz CT molecular complexity index is 326. The van der Waals surface area contributed by atoms with Gasteiger partial charge in [0.05, 0.1) is 6.04 Å². The van der Waals surface area contributed by atoms with Crippen LogP contribution in [0.1, 0.15) is 36.2 Å². The van der Waals surface area contributed by atoms with Crippen LogP contribution in [0.5, 0.6) is 0 Å². The summed E-state index contributed by atoms with van der Waals surface area (Å²) in [6.07, 6.45) is 2.70. The van der Waals surface area contributed by atoms with Crippen LogP contribution in [0.3, 0.4) is 0 Å². The van der Waals surface area contributed by atoms with Crippen LogP contribution in [-0.2, 0) is 0 Å². The molecule has 0 spiro atoms. The summed E-state index contributed by atoms with van der Waals surface area (Å²) in [7, 11) is 2.09. The zero-order chi connectivity index (χ0) is 10.9.